The largest absolute Gasteiger partial charge is 0.448 e. The quantitative estimate of drug-likeness (QED) is 0.624. The molecule has 3 aromatic rings. The number of fused-ring (bicyclic) bond motifs is 1. The van der Waals surface area contributed by atoms with Crippen molar-refractivity contribution in [1.82, 2.24) is 9.55 Å². The topological polar surface area (TPSA) is 90.3 Å². The van der Waals surface area contributed by atoms with Crippen molar-refractivity contribution in [2.24, 2.45) is 7.05 Å². The van der Waals surface area contributed by atoms with Crippen LogP contribution in [0.1, 0.15) is 22.2 Å². The van der Waals surface area contributed by atoms with Gasteiger partial charge in [-0.2, -0.15) is 0 Å². The van der Waals surface area contributed by atoms with Gasteiger partial charge in [0.2, 0.25) is 0 Å². The second-order valence-corrected chi connectivity index (χ2v) is 7.90. The first-order valence-corrected chi connectivity index (χ1v) is 9.68. The lowest BCUT2D eigenvalue weighted by Crippen LogP contribution is -2.30. The van der Waals surface area contributed by atoms with E-state index in [9.17, 15) is 14.4 Å². The van der Waals surface area contributed by atoms with E-state index >= 15 is 0 Å². The highest BCUT2D eigenvalue weighted by atomic mass is 35.5. The average molecular weight is 440 g/mol. The second kappa shape index (κ2) is 7.90. The maximum Gasteiger partial charge on any atom is 0.349 e. The molecule has 0 fully saturated rings. The Balaban J connectivity index is 1.78. The number of ether oxygens (including phenoxy) is 1. The van der Waals surface area contributed by atoms with Crippen molar-refractivity contribution in [1.29, 1.82) is 0 Å². The number of carbonyl (C=O) groups is 2. The fourth-order valence-electron chi connectivity index (χ4n) is 2.50. The Morgan fingerprint density at radius 1 is 1.32 bits per heavy atom. The molecule has 1 atom stereocenters. The second-order valence-electron chi connectivity index (χ2n) is 6.06. The Morgan fingerprint density at radius 2 is 2.04 bits per heavy atom. The van der Waals surface area contributed by atoms with Gasteiger partial charge in [-0.15, -0.1) is 11.3 Å². The molecule has 0 bridgehead atoms. The fourth-order valence-corrected chi connectivity index (χ4v) is 3.97. The third-order valence-electron chi connectivity index (χ3n) is 4.04. The average Bonchev–Trinajstić information content (AvgIpc) is 2.97. The summed E-state index contributed by atoms with van der Waals surface area (Å²) in [6, 6.07) is 4.62. The molecule has 1 unspecified atom stereocenters. The normalized spacial score (nSPS) is 12.0. The number of aryl methyl sites for hydroxylation is 2. The van der Waals surface area contributed by atoms with E-state index < -0.39 is 18.0 Å². The molecule has 0 aliphatic rings. The van der Waals surface area contributed by atoms with Crippen molar-refractivity contribution >= 4 is 62.3 Å². The number of hydrogen-bond donors (Lipinski definition) is 1. The lowest BCUT2D eigenvalue weighted by Gasteiger charge is -2.14. The summed E-state index contributed by atoms with van der Waals surface area (Å²) >= 11 is 12.9. The van der Waals surface area contributed by atoms with Gasteiger partial charge in [0.25, 0.3) is 11.5 Å². The summed E-state index contributed by atoms with van der Waals surface area (Å²) in [5.41, 5.74) is 0.581. The van der Waals surface area contributed by atoms with Crippen molar-refractivity contribution in [3.05, 3.63) is 55.4 Å². The first kappa shape index (κ1) is 20.3. The van der Waals surface area contributed by atoms with Crippen LogP contribution in [-0.4, -0.2) is 27.5 Å². The van der Waals surface area contributed by atoms with Crippen molar-refractivity contribution in [3.8, 4) is 0 Å². The van der Waals surface area contributed by atoms with Gasteiger partial charge in [-0.25, -0.2) is 9.78 Å². The lowest BCUT2D eigenvalue weighted by molar-refractivity contribution is -0.123. The summed E-state index contributed by atoms with van der Waals surface area (Å²) in [5.74, 6) is -1.25. The number of rotatable bonds is 4. The highest BCUT2D eigenvalue weighted by molar-refractivity contribution is 7.20. The van der Waals surface area contributed by atoms with Crippen LogP contribution in [0, 0.1) is 6.92 Å². The summed E-state index contributed by atoms with van der Waals surface area (Å²) in [4.78, 5) is 42.0. The van der Waals surface area contributed by atoms with Gasteiger partial charge < -0.3 is 14.6 Å². The summed E-state index contributed by atoms with van der Waals surface area (Å²) in [7, 11) is 1.58. The molecule has 0 saturated carbocycles. The van der Waals surface area contributed by atoms with Gasteiger partial charge in [0.05, 0.1) is 22.4 Å². The van der Waals surface area contributed by atoms with E-state index in [1.807, 2.05) is 0 Å². The number of esters is 1. The van der Waals surface area contributed by atoms with E-state index in [1.54, 1.807) is 26.1 Å². The molecule has 0 radical (unpaired) electrons. The molecule has 0 spiro atoms. The van der Waals surface area contributed by atoms with E-state index in [0.717, 1.165) is 11.3 Å². The summed E-state index contributed by atoms with van der Waals surface area (Å²) in [5, 5.41) is 3.65. The zero-order valence-electron chi connectivity index (χ0n) is 15.1. The molecule has 1 amide bonds. The summed E-state index contributed by atoms with van der Waals surface area (Å²) < 4.78 is 6.60. The van der Waals surface area contributed by atoms with Crippen molar-refractivity contribution < 1.29 is 14.3 Å². The first-order chi connectivity index (χ1) is 13.2. The van der Waals surface area contributed by atoms with E-state index in [0.29, 0.717) is 26.5 Å². The number of anilines is 1. The summed E-state index contributed by atoms with van der Waals surface area (Å²) in [6.45, 7) is 3.09. The fraction of sp³-hybridized carbons (Fsp3) is 0.222. The number of hydrogen-bond acceptors (Lipinski definition) is 6. The minimum atomic E-state index is -1.08. The van der Waals surface area contributed by atoms with Crippen LogP contribution in [0.3, 0.4) is 0 Å². The molecule has 146 valence electrons. The molecular weight excluding hydrogens is 425 g/mol. The van der Waals surface area contributed by atoms with Gasteiger partial charge in [0.1, 0.15) is 9.71 Å². The standard InChI is InChI=1S/C18H15Cl2N3O4S/c1-8-13-16(21-7-23(3)17(13)25)28-14(8)18(26)27-9(2)15(24)22-12-5-4-10(19)6-11(12)20/h4-7,9H,1-3H3,(H,22,24). The Kier molecular flexibility index (Phi) is 5.74. The zero-order chi connectivity index (χ0) is 20.6. The molecule has 28 heavy (non-hydrogen) atoms. The van der Waals surface area contributed by atoms with Crippen LogP contribution in [0.2, 0.25) is 10.0 Å². The third-order valence-corrected chi connectivity index (χ3v) is 5.77. The van der Waals surface area contributed by atoms with Gasteiger partial charge in [0.15, 0.2) is 6.10 Å². The molecule has 2 heterocycles. The van der Waals surface area contributed by atoms with Gasteiger partial charge in [-0.05, 0) is 37.6 Å². The van der Waals surface area contributed by atoms with E-state index in [1.165, 1.54) is 23.9 Å². The number of amides is 1. The number of nitrogens with one attached hydrogen (secondary N) is 1. The molecular formula is C18H15Cl2N3O4S. The molecule has 0 saturated heterocycles. The zero-order valence-corrected chi connectivity index (χ0v) is 17.4. The van der Waals surface area contributed by atoms with Crippen molar-refractivity contribution in [3.63, 3.8) is 0 Å². The number of benzene rings is 1. The van der Waals surface area contributed by atoms with E-state index in [4.69, 9.17) is 27.9 Å². The van der Waals surface area contributed by atoms with Gasteiger partial charge in [0, 0.05) is 12.1 Å². The maximum absolute atomic E-state index is 12.5. The number of thiophene rings is 1. The molecule has 0 aliphatic carbocycles. The van der Waals surface area contributed by atoms with E-state index in [-0.39, 0.29) is 15.5 Å². The lowest BCUT2D eigenvalue weighted by atomic mass is 10.2. The van der Waals surface area contributed by atoms with Crippen molar-refractivity contribution in [2.75, 3.05) is 5.32 Å². The minimum Gasteiger partial charge on any atom is -0.448 e. The number of carbonyl (C=O) groups excluding carboxylic acids is 2. The SMILES string of the molecule is Cc1c(C(=O)OC(C)C(=O)Nc2ccc(Cl)cc2Cl)sc2ncn(C)c(=O)c12. The summed E-state index contributed by atoms with van der Waals surface area (Å²) in [6.07, 6.45) is 0.307. The Morgan fingerprint density at radius 3 is 2.71 bits per heavy atom. The van der Waals surface area contributed by atoms with E-state index in [2.05, 4.69) is 10.3 Å². The molecule has 2 aromatic heterocycles. The van der Waals surface area contributed by atoms with Gasteiger partial charge in [-0.3, -0.25) is 9.59 Å². The third kappa shape index (κ3) is 3.89. The van der Waals surface area contributed by atoms with Crippen molar-refractivity contribution in [2.45, 2.75) is 20.0 Å². The van der Waals surface area contributed by atoms with Gasteiger partial charge >= 0.3 is 5.97 Å². The van der Waals surface area contributed by atoms with Crippen LogP contribution >= 0.6 is 34.5 Å². The smallest absolute Gasteiger partial charge is 0.349 e. The molecule has 7 nitrogen and oxygen atoms in total. The monoisotopic (exact) mass is 439 g/mol. The van der Waals surface area contributed by atoms with Crippen LogP contribution in [0.25, 0.3) is 10.2 Å². The van der Waals surface area contributed by atoms with Crippen LogP contribution in [-0.2, 0) is 16.6 Å². The Bertz CT molecular complexity index is 1160. The molecule has 3 rings (SSSR count). The van der Waals surface area contributed by atoms with Crippen LogP contribution < -0.4 is 10.9 Å². The maximum atomic E-state index is 12.5. The highest BCUT2D eigenvalue weighted by Crippen LogP contribution is 2.28. The molecule has 0 aliphatic heterocycles. The Hall–Kier alpha value is -2.42. The minimum absolute atomic E-state index is 0.231. The van der Waals surface area contributed by atoms with Crippen LogP contribution in [0.5, 0.6) is 0 Å². The molecule has 1 aromatic carbocycles. The number of nitrogens with zero attached hydrogens (tertiary/aromatic N) is 2. The Labute approximate surface area is 173 Å². The number of aromatic nitrogens is 2. The highest BCUT2D eigenvalue weighted by Gasteiger charge is 2.24. The van der Waals surface area contributed by atoms with Crippen LogP contribution in [0.4, 0.5) is 5.69 Å². The predicted octanol–water partition coefficient (Wildman–Crippen LogP) is 3.79. The molecule has 1 N–H and O–H groups in total. The predicted molar refractivity (Wildman–Crippen MR) is 110 cm³/mol. The van der Waals surface area contributed by atoms with Gasteiger partial charge in [-0.1, -0.05) is 23.2 Å². The number of halogens is 2. The molecule has 10 heteroatoms. The first-order valence-electron chi connectivity index (χ1n) is 8.10. The van der Waals surface area contributed by atoms with Crippen LogP contribution in [0.15, 0.2) is 29.3 Å².